The first-order valence-electron chi connectivity index (χ1n) is 5.07. The lowest BCUT2D eigenvalue weighted by molar-refractivity contribution is 0.101. The molecule has 0 saturated heterocycles. The number of hydrogen-bond acceptors (Lipinski definition) is 2. The van der Waals surface area contributed by atoms with Crippen LogP contribution in [0.4, 0.5) is 4.39 Å². The Kier molecular flexibility index (Phi) is 3.29. The van der Waals surface area contributed by atoms with Crippen LogP contribution in [-0.4, -0.2) is 5.78 Å². The van der Waals surface area contributed by atoms with Crippen molar-refractivity contribution in [2.24, 2.45) is 0 Å². The summed E-state index contributed by atoms with van der Waals surface area (Å²) in [4.78, 5) is 12.0. The van der Waals surface area contributed by atoms with E-state index in [0.29, 0.717) is 16.9 Å². The second kappa shape index (κ2) is 4.72. The second-order valence-electron chi connectivity index (χ2n) is 3.69. The van der Waals surface area contributed by atoms with Crippen LogP contribution >= 0.6 is 11.6 Å². The molecule has 0 unspecified atom stereocenters. The molecule has 2 aromatic rings. The van der Waals surface area contributed by atoms with Gasteiger partial charge in [0, 0.05) is 5.56 Å². The fraction of sp³-hybridized carbons (Fsp3) is 0.154. The Bertz CT molecular complexity index is 560. The summed E-state index contributed by atoms with van der Waals surface area (Å²) in [6.07, 6.45) is 0. The summed E-state index contributed by atoms with van der Waals surface area (Å²) in [7, 11) is 0. The van der Waals surface area contributed by atoms with Crippen molar-refractivity contribution < 1.29 is 13.6 Å². The smallest absolute Gasteiger partial charge is 0.228 e. The molecule has 0 aliphatic rings. The van der Waals surface area contributed by atoms with Crippen molar-refractivity contribution >= 4 is 17.4 Å². The molecular formula is C13H10ClFO2. The topological polar surface area (TPSA) is 30.2 Å². The molecule has 2 nitrogen and oxygen atoms in total. The Morgan fingerprint density at radius 3 is 2.71 bits per heavy atom. The SMILES string of the molecule is Cc1cc(C(=O)c2ccc(CCl)o2)ccc1F. The fourth-order valence-electron chi connectivity index (χ4n) is 1.50. The lowest BCUT2D eigenvalue weighted by Crippen LogP contribution is -2.00. The zero-order chi connectivity index (χ0) is 12.4. The van der Waals surface area contributed by atoms with E-state index >= 15 is 0 Å². The molecule has 0 atom stereocenters. The molecule has 4 heteroatoms. The van der Waals surface area contributed by atoms with Crippen LogP contribution in [0.5, 0.6) is 0 Å². The minimum Gasteiger partial charge on any atom is -0.456 e. The Balaban J connectivity index is 2.33. The second-order valence-corrected chi connectivity index (χ2v) is 3.96. The van der Waals surface area contributed by atoms with Crippen molar-refractivity contribution in [2.75, 3.05) is 0 Å². The minimum atomic E-state index is -0.331. The maximum atomic E-state index is 13.1. The molecule has 1 aromatic heterocycles. The van der Waals surface area contributed by atoms with Gasteiger partial charge in [0.05, 0.1) is 5.88 Å². The lowest BCUT2D eigenvalue weighted by atomic mass is 10.1. The molecule has 0 radical (unpaired) electrons. The average molecular weight is 253 g/mol. The number of ketones is 1. The summed E-state index contributed by atoms with van der Waals surface area (Å²) >= 11 is 5.58. The molecule has 17 heavy (non-hydrogen) atoms. The van der Waals surface area contributed by atoms with Gasteiger partial charge in [-0.1, -0.05) is 0 Å². The number of aryl methyl sites for hydroxylation is 1. The largest absolute Gasteiger partial charge is 0.456 e. The Hall–Kier alpha value is -1.61. The van der Waals surface area contributed by atoms with Gasteiger partial charge < -0.3 is 4.42 Å². The molecular weight excluding hydrogens is 243 g/mol. The number of rotatable bonds is 3. The molecule has 0 fully saturated rings. The van der Waals surface area contributed by atoms with Crippen LogP contribution in [-0.2, 0) is 5.88 Å². The molecule has 0 aliphatic carbocycles. The number of halogens is 2. The van der Waals surface area contributed by atoms with Crippen LogP contribution in [0.2, 0.25) is 0 Å². The highest BCUT2D eigenvalue weighted by Gasteiger charge is 2.14. The zero-order valence-electron chi connectivity index (χ0n) is 9.17. The summed E-state index contributed by atoms with van der Waals surface area (Å²) < 4.78 is 18.3. The predicted octanol–water partition coefficient (Wildman–Crippen LogP) is 3.70. The molecule has 0 amide bonds. The van der Waals surface area contributed by atoms with E-state index in [4.69, 9.17) is 16.0 Å². The number of furan rings is 1. The zero-order valence-corrected chi connectivity index (χ0v) is 9.92. The third-order valence-corrected chi connectivity index (χ3v) is 2.70. The van der Waals surface area contributed by atoms with Crippen LogP contribution in [0.1, 0.15) is 27.4 Å². The highest BCUT2D eigenvalue weighted by molar-refractivity contribution is 6.16. The molecule has 1 aromatic carbocycles. The van der Waals surface area contributed by atoms with Gasteiger partial charge in [0.25, 0.3) is 0 Å². The highest BCUT2D eigenvalue weighted by atomic mass is 35.5. The maximum absolute atomic E-state index is 13.1. The van der Waals surface area contributed by atoms with E-state index in [1.165, 1.54) is 18.2 Å². The summed E-state index contributed by atoms with van der Waals surface area (Å²) in [5.74, 6) is 0.364. The van der Waals surface area contributed by atoms with Gasteiger partial charge in [-0.3, -0.25) is 4.79 Å². The maximum Gasteiger partial charge on any atom is 0.228 e. The van der Waals surface area contributed by atoms with E-state index in [9.17, 15) is 9.18 Å². The predicted molar refractivity (Wildman–Crippen MR) is 62.8 cm³/mol. The Morgan fingerprint density at radius 2 is 2.12 bits per heavy atom. The van der Waals surface area contributed by atoms with Crippen molar-refractivity contribution in [1.82, 2.24) is 0 Å². The third kappa shape index (κ3) is 2.39. The van der Waals surface area contributed by atoms with E-state index < -0.39 is 0 Å². The summed E-state index contributed by atoms with van der Waals surface area (Å²) in [5, 5.41) is 0. The first-order chi connectivity index (χ1) is 8.11. The van der Waals surface area contributed by atoms with Crippen LogP contribution in [0.25, 0.3) is 0 Å². The minimum absolute atomic E-state index is 0.214. The number of carbonyl (C=O) groups is 1. The lowest BCUT2D eigenvalue weighted by Gasteiger charge is -2.00. The van der Waals surface area contributed by atoms with E-state index in [1.807, 2.05) is 0 Å². The molecule has 0 spiro atoms. The summed E-state index contributed by atoms with van der Waals surface area (Å²) in [6.45, 7) is 1.61. The first-order valence-corrected chi connectivity index (χ1v) is 5.61. The van der Waals surface area contributed by atoms with Crippen LogP contribution in [0.3, 0.4) is 0 Å². The van der Waals surface area contributed by atoms with E-state index in [0.717, 1.165) is 0 Å². The molecule has 2 rings (SSSR count). The number of carbonyl (C=O) groups excluding carboxylic acids is 1. The van der Waals surface area contributed by atoms with E-state index in [-0.39, 0.29) is 23.2 Å². The molecule has 0 bridgehead atoms. The van der Waals surface area contributed by atoms with Gasteiger partial charge in [0.1, 0.15) is 11.6 Å². The molecule has 88 valence electrons. The van der Waals surface area contributed by atoms with Gasteiger partial charge in [-0.15, -0.1) is 11.6 Å². The Morgan fingerprint density at radius 1 is 1.35 bits per heavy atom. The van der Waals surface area contributed by atoms with Crippen molar-refractivity contribution in [2.45, 2.75) is 12.8 Å². The van der Waals surface area contributed by atoms with E-state index in [1.54, 1.807) is 19.1 Å². The number of benzene rings is 1. The normalized spacial score (nSPS) is 10.5. The fourth-order valence-corrected chi connectivity index (χ4v) is 1.64. The quantitative estimate of drug-likeness (QED) is 0.616. The van der Waals surface area contributed by atoms with Crippen molar-refractivity contribution in [3.8, 4) is 0 Å². The van der Waals surface area contributed by atoms with Crippen molar-refractivity contribution in [3.63, 3.8) is 0 Å². The van der Waals surface area contributed by atoms with Crippen LogP contribution < -0.4 is 0 Å². The average Bonchev–Trinajstić information content (AvgIpc) is 2.80. The summed E-state index contributed by atoms with van der Waals surface area (Å²) in [6, 6.07) is 7.43. The van der Waals surface area contributed by atoms with Crippen LogP contribution in [0, 0.1) is 12.7 Å². The first kappa shape index (κ1) is 11.9. The standard InChI is InChI=1S/C13H10ClFO2/c1-8-6-9(2-4-11(8)15)13(16)12-5-3-10(7-14)17-12/h2-6H,7H2,1H3. The van der Waals surface area contributed by atoms with Gasteiger partial charge >= 0.3 is 0 Å². The number of alkyl halides is 1. The Labute approximate surface area is 103 Å². The van der Waals surface area contributed by atoms with Gasteiger partial charge in [0.15, 0.2) is 5.76 Å². The highest BCUT2D eigenvalue weighted by Crippen LogP contribution is 2.17. The molecule has 0 saturated carbocycles. The van der Waals surface area contributed by atoms with Gasteiger partial charge in [-0.2, -0.15) is 0 Å². The molecule has 0 N–H and O–H groups in total. The summed E-state index contributed by atoms with van der Waals surface area (Å²) in [5.41, 5.74) is 0.833. The van der Waals surface area contributed by atoms with Crippen LogP contribution in [0.15, 0.2) is 34.7 Å². The van der Waals surface area contributed by atoms with Crippen molar-refractivity contribution in [1.29, 1.82) is 0 Å². The molecule has 1 heterocycles. The third-order valence-electron chi connectivity index (χ3n) is 2.44. The van der Waals surface area contributed by atoms with Gasteiger partial charge in [-0.25, -0.2) is 4.39 Å². The molecule has 0 aliphatic heterocycles. The van der Waals surface area contributed by atoms with Gasteiger partial charge in [-0.05, 0) is 42.8 Å². The number of hydrogen-bond donors (Lipinski definition) is 0. The van der Waals surface area contributed by atoms with E-state index in [2.05, 4.69) is 0 Å². The van der Waals surface area contributed by atoms with Crippen molar-refractivity contribution in [3.05, 3.63) is 58.8 Å². The van der Waals surface area contributed by atoms with Gasteiger partial charge in [0.2, 0.25) is 5.78 Å². The monoisotopic (exact) mass is 252 g/mol.